The summed E-state index contributed by atoms with van der Waals surface area (Å²) >= 11 is 0. The van der Waals surface area contributed by atoms with Crippen LogP contribution in [0.4, 0.5) is 4.79 Å². The molecule has 2 aliphatic rings. The van der Waals surface area contributed by atoms with E-state index in [0.717, 1.165) is 30.7 Å². The molecular weight excluding hydrogens is 224 g/mol. The van der Waals surface area contributed by atoms with Gasteiger partial charge in [-0.25, -0.2) is 4.79 Å². The minimum atomic E-state index is 0.141. The number of rotatable bonds is 7. The van der Waals surface area contributed by atoms with Crippen molar-refractivity contribution in [3.63, 3.8) is 0 Å². The number of nitrogens with one attached hydrogen (secondary N) is 1. The number of urea groups is 1. The van der Waals surface area contributed by atoms with E-state index < -0.39 is 0 Å². The molecule has 2 aliphatic carbocycles. The maximum absolute atomic E-state index is 12.1. The molecule has 0 unspecified atom stereocenters. The Kier molecular flexibility index (Phi) is 4.52. The Morgan fingerprint density at radius 1 is 1.22 bits per heavy atom. The maximum Gasteiger partial charge on any atom is 0.317 e. The largest absolute Gasteiger partial charge is 0.338 e. The molecule has 0 aromatic heterocycles. The van der Waals surface area contributed by atoms with Crippen molar-refractivity contribution in [3.8, 4) is 0 Å². The fraction of sp³-hybridized carbons (Fsp3) is 0.933. The lowest BCUT2D eigenvalue weighted by atomic mass is 10.1. The summed E-state index contributed by atoms with van der Waals surface area (Å²) in [4.78, 5) is 14.1. The van der Waals surface area contributed by atoms with Crippen molar-refractivity contribution in [2.75, 3.05) is 13.6 Å². The second kappa shape index (κ2) is 5.94. The van der Waals surface area contributed by atoms with Crippen molar-refractivity contribution in [2.24, 2.45) is 17.8 Å². The Hall–Kier alpha value is -0.730. The van der Waals surface area contributed by atoms with Gasteiger partial charge in [0, 0.05) is 19.6 Å². The smallest absolute Gasteiger partial charge is 0.317 e. The molecule has 0 aromatic rings. The van der Waals surface area contributed by atoms with E-state index >= 15 is 0 Å². The first kappa shape index (κ1) is 13.7. The molecule has 0 radical (unpaired) electrons. The molecule has 1 N–H and O–H groups in total. The summed E-state index contributed by atoms with van der Waals surface area (Å²) in [5, 5.41) is 3.07. The van der Waals surface area contributed by atoms with Crippen molar-refractivity contribution in [3.05, 3.63) is 0 Å². The van der Waals surface area contributed by atoms with Crippen LogP contribution in [0, 0.1) is 17.8 Å². The molecule has 18 heavy (non-hydrogen) atoms. The zero-order valence-electron chi connectivity index (χ0n) is 12.1. The zero-order chi connectivity index (χ0) is 13.1. The van der Waals surface area contributed by atoms with Crippen LogP contribution in [0.15, 0.2) is 0 Å². The first-order valence-corrected chi connectivity index (χ1v) is 7.60. The lowest BCUT2D eigenvalue weighted by Gasteiger charge is -2.28. The molecule has 3 heteroatoms. The highest BCUT2D eigenvalue weighted by Gasteiger charge is 2.44. The van der Waals surface area contributed by atoms with Crippen LogP contribution in [-0.4, -0.2) is 30.6 Å². The van der Waals surface area contributed by atoms with Gasteiger partial charge in [0.2, 0.25) is 0 Å². The quantitative estimate of drug-likeness (QED) is 0.693. The number of amides is 2. The van der Waals surface area contributed by atoms with Crippen LogP contribution in [0.1, 0.15) is 52.4 Å². The van der Waals surface area contributed by atoms with Gasteiger partial charge in [-0.3, -0.25) is 0 Å². The first-order valence-electron chi connectivity index (χ1n) is 7.60. The highest BCUT2D eigenvalue weighted by Crippen LogP contribution is 2.46. The van der Waals surface area contributed by atoms with Crippen LogP contribution < -0.4 is 5.32 Å². The van der Waals surface area contributed by atoms with Gasteiger partial charge in [-0.15, -0.1) is 0 Å². The zero-order valence-corrected chi connectivity index (χ0v) is 12.1. The normalized spacial score (nSPS) is 19.4. The van der Waals surface area contributed by atoms with E-state index in [-0.39, 0.29) is 6.03 Å². The third kappa shape index (κ3) is 3.89. The molecule has 0 saturated heterocycles. The highest BCUT2D eigenvalue weighted by atomic mass is 16.2. The Morgan fingerprint density at radius 2 is 1.78 bits per heavy atom. The number of nitrogens with zero attached hydrogens (tertiary/aromatic N) is 1. The van der Waals surface area contributed by atoms with Crippen molar-refractivity contribution in [1.29, 1.82) is 0 Å². The van der Waals surface area contributed by atoms with Crippen LogP contribution in [0.3, 0.4) is 0 Å². The van der Waals surface area contributed by atoms with Crippen molar-refractivity contribution >= 4 is 6.03 Å². The fourth-order valence-corrected chi connectivity index (χ4v) is 2.86. The van der Waals surface area contributed by atoms with E-state index in [0.29, 0.717) is 6.04 Å². The van der Waals surface area contributed by atoms with Crippen LogP contribution in [0.25, 0.3) is 0 Å². The van der Waals surface area contributed by atoms with Gasteiger partial charge in [0.15, 0.2) is 0 Å². The maximum atomic E-state index is 12.1. The Morgan fingerprint density at radius 3 is 2.22 bits per heavy atom. The van der Waals surface area contributed by atoms with Crippen molar-refractivity contribution < 1.29 is 4.79 Å². The average molecular weight is 252 g/mol. The standard InChI is InChI=1S/C15H28N2O/c1-11(2)5-4-10-16-15(18)17(3)14(12-6-7-12)13-8-9-13/h11-14H,4-10H2,1-3H3,(H,16,18). The van der Waals surface area contributed by atoms with Crippen LogP contribution in [-0.2, 0) is 0 Å². The van der Waals surface area contributed by atoms with Crippen molar-refractivity contribution in [1.82, 2.24) is 10.2 Å². The third-order valence-corrected chi connectivity index (χ3v) is 4.21. The van der Waals surface area contributed by atoms with Crippen LogP contribution in [0.5, 0.6) is 0 Å². The predicted octanol–water partition coefficient (Wildman–Crippen LogP) is 3.25. The predicted molar refractivity (Wildman–Crippen MR) is 74.5 cm³/mol. The summed E-state index contributed by atoms with van der Waals surface area (Å²) in [6, 6.07) is 0.664. The molecule has 3 nitrogen and oxygen atoms in total. The van der Waals surface area contributed by atoms with Gasteiger partial charge in [-0.1, -0.05) is 13.8 Å². The molecular formula is C15H28N2O. The van der Waals surface area contributed by atoms with Crippen LogP contribution in [0.2, 0.25) is 0 Å². The second-order valence-corrected chi connectivity index (χ2v) is 6.54. The van der Waals surface area contributed by atoms with E-state index in [9.17, 15) is 4.79 Å². The fourth-order valence-electron chi connectivity index (χ4n) is 2.86. The number of hydrogen-bond acceptors (Lipinski definition) is 1. The van der Waals surface area contributed by atoms with E-state index in [1.165, 1.54) is 32.1 Å². The molecule has 0 aromatic carbocycles. The molecule has 2 saturated carbocycles. The summed E-state index contributed by atoms with van der Waals surface area (Å²) < 4.78 is 0. The minimum absolute atomic E-state index is 0.141. The van der Waals surface area contributed by atoms with E-state index in [4.69, 9.17) is 0 Å². The number of hydrogen-bond donors (Lipinski definition) is 1. The summed E-state index contributed by atoms with van der Waals surface area (Å²) in [7, 11) is 1.99. The molecule has 0 bridgehead atoms. The molecule has 0 aliphatic heterocycles. The van der Waals surface area contributed by atoms with Gasteiger partial charge in [0.05, 0.1) is 0 Å². The van der Waals surface area contributed by atoms with Crippen molar-refractivity contribution in [2.45, 2.75) is 58.4 Å². The number of carbonyl (C=O) groups is 1. The molecule has 104 valence electrons. The molecule has 2 fully saturated rings. The van der Waals surface area contributed by atoms with Gasteiger partial charge >= 0.3 is 6.03 Å². The molecule has 0 atom stereocenters. The van der Waals surface area contributed by atoms with E-state index in [1.807, 2.05) is 11.9 Å². The van der Waals surface area contributed by atoms with E-state index in [2.05, 4.69) is 19.2 Å². The van der Waals surface area contributed by atoms with Gasteiger partial charge in [0.25, 0.3) is 0 Å². The highest BCUT2D eigenvalue weighted by molar-refractivity contribution is 5.74. The monoisotopic (exact) mass is 252 g/mol. The van der Waals surface area contributed by atoms with Gasteiger partial charge < -0.3 is 10.2 Å². The number of carbonyl (C=O) groups excluding carboxylic acids is 1. The third-order valence-electron chi connectivity index (χ3n) is 4.21. The lowest BCUT2D eigenvalue weighted by Crippen LogP contribution is -2.46. The summed E-state index contributed by atoms with van der Waals surface area (Å²) in [6.45, 7) is 5.28. The molecule has 0 heterocycles. The Balaban J connectivity index is 1.70. The minimum Gasteiger partial charge on any atom is -0.338 e. The average Bonchev–Trinajstić information content (AvgIpc) is 3.16. The van der Waals surface area contributed by atoms with E-state index in [1.54, 1.807) is 0 Å². The lowest BCUT2D eigenvalue weighted by molar-refractivity contribution is 0.174. The molecule has 2 amide bonds. The topological polar surface area (TPSA) is 32.3 Å². The summed E-state index contributed by atoms with van der Waals surface area (Å²) in [5.74, 6) is 2.32. The van der Waals surface area contributed by atoms with Gasteiger partial charge in [-0.05, 0) is 56.3 Å². The Bertz CT molecular complexity index is 270. The summed E-state index contributed by atoms with van der Waals surface area (Å²) in [6.07, 6.45) is 7.59. The molecule has 2 rings (SSSR count). The first-order chi connectivity index (χ1) is 8.59. The Labute approximate surface area is 111 Å². The van der Waals surface area contributed by atoms with Gasteiger partial charge in [0.1, 0.15) is 0 Å². The SMILES string of the molecule is CC(C)CCCNC(=O)N(C)C(C1CC1)C1CC1. The second-order valence-electron chi connectivity index (χ2n) is 6.54. The van der Waals surface area contributed by atoms with Gasteiger partial charge in [-0.2, -0.15) is 0 Å². The summed E-state index contributed by atoms with van der Waals surface area (Å²) in [5.41, 5.74) is 0. The molecule has 0 spiro atoms. The van der Waals surface area contributed by atoms with Crippen LogP contribution >= 0.6 is 0 Å².